The Hall–Kier alpha value is -1.69. The number of piperazine rings is 1. The van der Waals surface area contributed by atoms with Crippen LogP contribution >= 0.6 is 0 Å². The van der Waals surface area contributed by atoms with Gasteiger partial charge in [-0.3, -0.25) is 9.88 Å². The van der Waals surface area contributed by atoms with Gasteiger partial charge in [-0.05, 0) is 24.6 Å². The molecule has 1 aromatic heterocycles. The van der Waals surface area contributed by atoms with Gasteiger partial charge in [-0.2, -0.15) is 0 Å². The van der Waals surface area contributed by atoms with E-state index in [-0.39, 0.29) is 11.8 Å². The molecule has 1 aliphatic rings. The summed E-state index contributed by atoms with van der Waals surface area (Å²) in [6.45, 7) is 5.83. The number of rotatable bonds is 3. The zero-order valence-electron chi connectivity index (χ0n) is 12.2. The monoisotopic (exact) mass is 287 g/mol. The van der Waals surface area contributed by atoms with Crippen LogP contribution in [0.15, 0.2) is 30.5 Å². The Balaban J connectivity index is 1.94. The Kier molecular flexibility index (Phi) is 4.05. The summed E-state index contributed by atoms with van der Waals surface area (Å²) in [6.07, 6.45) is 1.05. The van der Waals surface area contributed by atoms with Crippen molar-refractivity contribution in [3.8, 4) is 5.75 Å². The summed E-state index contributed by atoms with van der Waals surface area (Å²) in [5.41, 5.74) is 1.36. The van der Waals surface area contributed by atoms with E-state index in [4.69, 9.17) is 0 Å². The van der Waals surface area contributed by atoms with Crippen LogP contribution in [-0.2, 0) is 0 Å². The third-order valence-electron chi connectivity index (χ3n) is 4.29. The predicted molar refractivity (Wildman–Crippen MR) is 82.3 cm³/mol. The number of aromatic hydroxyl groups is 1. The number of aliphatic hydroxyl groups is 1. The molecule has 2 heterocycles. The van der Waals surface area contributed by atoms with Gasteiger partial charge >= 0.3 is 0 Å². The average molecular weight is 287 g/mol. The molecule has 0 aliphatic carbocycles. The molecule has 5 nitrogen and oxygen atoms in total. The van der Waals surface area contributed by atoms with E-state index in [1.807, 2.05) is 19.1 Å². The van der Waals surface area contributed by atoms with Crippen molar-refractivity contribution < 1.29 is 10.2 Å². The minimum Gasteiger partial charge on any atom is -0.506 e. The molecule has 1 saturated heterocycles. The molecule has 1 aromatic carbocycles. The quantitative estimate of drug-likeness (QED) is 0.793. The standard InChI is InChI=1S/C16H21N3O2/c1-11(19-9-7-17-8-10-19)16(21)13-4-5-14(20)15-12(13)3-2-6-18-15/h2-6,11,16-17,20-21H,7-10H2,1H3. The summed E-state index contributed by atoms with van der Waals surface area (Å²) < 4.78 is 0. The van der Waals surface area contributed by atoms with E-state index in [2.05, 4.69) is 15.2 Å². The second kappa shape index (κ2) is 5.97. The largest absolute Gasteiger partial charge is 0.506 e. The molecule has 0 spiro atoms. The molecule has 0 amide bonds. The minimum atomic E-state index is -0.601. The van der Waals surface area contributed by atoms with Crippen LogP contribution in [0.4, 0.5) is 0 Å². The number of pyridine rings is 1. The van der Waals surface area contributed by atoms with Crippen LogP contribution in [0.5, 0.6) is 5.75 Å². The van der Waals surface area contributed by atoms with E-state index in [1.165, 1.54) is 0 Å². The molecule has 112 valence electrons. The molecular weight excluding hydrogens is 266 g/mol. The third kappa shape index (κ3) is 2.72. The maximum atomic E-state index is 10.8. The number of nitrogens with one attached hydrogen (secondary N) is 1. The van der Waals surface area contributed by atoms with Gasteiger partial charge in [0.15, 0.2) is 0 Å². The van der Waals surface area contributed by atoms with E-state index in [1.54, 1.807) is 18.3 Å². The molecule has 0 radical (unpaired) electrons. The Bertz CT molecular complexity index is 626. The van der Waals surface area contributed by atoms with Crippen molar-refractivity contribution in [1.29, 1.82) is 0 Å². The van der Waals surface area contributed by atoms with Gasteiger partial charge in [0.25, 0.3) is 0 Å². The summed E-state index contributed by atoms with van der Waals surface area (Å²) in [5, 5.41) is 24.8. The SMILES string of the molecule is CC(C(O)c1ccc(O)c2ncccc12)N1CCNCC1. The van der Waals surface area contributed by atoms with Crippen molar-refractivity contribution in [3.63, 3.8) is 0 Å². The first-order valence-electron chi connectivity index (χ1n) is 7.38. The number of hydrogen-bond donors (Lipinski definition) is 3. The fourth-order valence-corrected chi connectivity index (χ4v) is 2.99. The fraction of sp³-hybridized carbons (Fsp3) is 0.438. The van der Waals surface area contributed by atoms with Crippen LogP contribution in [0.1, 0.15) is 18.6 Å². The molecule has 3 rings (SSSR count). The maximum absolute atomic E-state index is 10.8. The van der Waals surface area contributed by atoms with Gasteiger partial charge in [-0.15, -0.1) is 0 Å². The van der Waals surface area contributed by atoms with Gasteiger partial charge in [-0.1, -0.05) is 12.1 Å². The van der Waals surface area contributed by atoms with Gasteiger partial charge in [0, 0.05) is 43.8 Å². The summed E-state index contributed by atoms with van der Waals surface area (Å²) in [5.74, 6) is 0.149. The first kappa shape index (κ1) is 14.3. The first-order valence-corrected chi connectivity index (χ1v) is 7.38. The smallest absolute Gasteiger partial charge is 0.141 e. The average Bonchev–Trinajstić information content (AvgIpc) is 2.55. The number of fused-ring (bicyclic) bond motifs is 1. The lowest BCUT2D eigenvalue weighted by Gasteiger charge is -2.35. The van der Waals surface area contributed by atoms with Crippen molar-refractivity contribution >= 4 is 10.9 Å². The van der Waals surface area contributed by atoms with E-state index in [9.17, 15) is 10.2 Å². The van der Waals surface area contributed by atoms with Crippen LogP contribution in [0.3, 0.4) is 0 Å². The van der Waals surface area contributed by atoms with E-state index >= 15 is 0 Å². The van der Waals surface area contributed by atoms with Crippen molar-refractivity contribution in [2.45, 2.75) is 19.1 Å². The van der Waals surface area contributed by atoms with Crippen molar-refractivity contribution in [1.82, 2.24) is 15.2 Å². The molecule has 1 aliphatic heterocycles. The topological polar surface area (TPSA) is 68.6 Å². The number of nitrogens with zero attached hydrogens (tertiary/aromatic N) is 2. The second-order valence-electron chi connectivity index (χ2n) is 5.54. The molecule has 3 N–H and O–H groups in total. The molecule has 0 saturated carbocycles. The molecular formula is C16H21N3O2. The number of aliphatic hydroxyl groups excluding tert-OH is 1. The highest BCUT2D eigenvalue weighted by atomic mass is 16.3. The fourth-order valence-electron chi connectivity index (χ4n) is 2.99. The Morgan fingerprint density at radius 2 is 2.00 bits per heavy atom. The molecule has 0 bridgehead atoms. The highest BCUT2D eigenvalue weighted by Crippen LogP contribution is 2.31. The molecule has 21 heavy (non-hydrogen) atoms. The van der Waals surface area contributed by atoms with Crippen LogP contribution in [0.2, 0.25) is 0 Å². The summed E-state index contributed by atoms with van der Waals surface area (Å²) in [4.78, 5) is 6.50. The van der Waals surface area contributed by atoms with E-state index < -0.39 is 6.10 Å². The van der Waals surface area contributed by atoms with Gasteiger partial charge < -0.3 is 15.5 Å². The highest BCUT2D eigenvalue weighted by molar-refractivity contribution is 5.87. The number of benzene rings is 1. The van der Waals surface area contributed by atoms with Crippen LogP contribution < -0.4 is 5.32 Å². The van der Waals surface area contributed by atoms with E-state index in [0.717, 1.165) is 37.1 Å². The Labute approximate surface area is 124 Å². The molecule has 2 atom stereocenters. The van der Waals surface area contributed by atoms with Crippen LogP contribution in [0.25, 0.3) is 10.9 Å². The molecule has 2 aromatic rings. The molecule has 5 heteroatoms. The summed E-state index contributed by atoms with van der Waals surface area (Å²) in [7, 11) is 0. The van der Waals surface area contributed by atoms with Crippen molar-refractivity contribution in [2.24, 2.45) is 0 Å². The normalized spacial score (nSPS) is 19.5. The lowest BCUT2D eigenvalue weighted by atomic mass is 9.97. The predicted octanol–water partition coefficient (Wildman–Crippen LogP) is 1.27. The third-order valence-corrected chi connectivity index (χ3v) is 4.29. The zero-order valence-corrected chi connectivity index (χ0v) is 12.2. The lowest BCUT2D eigenvalue weighted by Crippen LogP contribution is -2.49. The van der Waals surface area contributed by atoms with Crippen LogP contribution in [0, 0.1) is 0 Å². The highest BCUT2D eigenvalue weighted by Gasteiger charge is 2.25. The Morgan fingerprint density at radius 1 is 1.24 bits per heavy atom. The summed E-state index contributed by atoms with van der Waals surface area (Å²) in [6, 6.07) is 7.15. The van der Waals surface area contributed by atoms with Gasteiger partial charge in [0.05, 0.1) is 6.10 Å². The maximum Gasteiger partial charge on any atom is 0.141 e. The van der Waals surface area contributed by atoms with Crippen LogP contribution in [-0.4, -0.2) is 52.3 Å². The minimum absolute atomic E-state index is 0.0278. The zero-order chi connectivity index (χ0) is 14.8. The second-order valence-corrected chi connectivity index (χ2v) is 5.54. The lowest BCUT2D eigenvalue weighted by molar-refractivity contribution is 0.0519. The summed E-state index contributed by atoms with van der Waals surface area (Å²) >= 11 is 0. The van der Waals surface area contributed by atoms with Gasteiger partial charge in [-0.25, -0.2) is 0 Å². The number of aromatic nitrogens is 1. The number of phenolic OH excluding ortho intramolecular Hbond substituents is 1. The van der Waals surface area contributed by atoms with Gasteiger partial charge in [0.2, 0.25) is 0 Å². The number of phenols is 1. The number of hydrogen-bond acceptors (Lipinski definition) is 5. The van der Waals surface area contributed by atoms with Crippen molar-refractivity contribution in [3.05, 3.63) is 36.0 Å². The Morgan fingerprint density at radius 3 is 2.76 bits per heavy atom. The van der Waals surface area contributed by atoms with Gasteiger partial charge in [0.1, 0.15) is 11.3 Å². The molecule has 1 fully saturated rings. The molecule has 2 unspecified atom stereocenters. The first-order chi connectivity index (χ1) is 10.2. The van der Waals surface area contributed by atoms with Crippen molar-refractivity contribution in [2.75, 3.05) is 26.2 Å². The van der Waals surface area contributed by atoms with E-state index in [0.29, 0.717) is 5.52 Å².